The highest BCUT2D eigenvalue weighted by Crippen LogP contribution is 2.60. The molecule has 5 unspecified atom stereocenters. The van der Waals surface area contributed by atoms with Crippen LogP contribution >= 0.6 is 0 Å². The predicted molar refractivity (Wildman–Crippen MR) is 144 cm³/mol. The Labute approximate surface area is 213 Å². The third-order valence-corrected chi connectivity index (χ3v) is 18.5. The molecule has 0 radical (unpaired) electrons. The minimum absolute atomic E-state index is 0.176. The summed E-state index contributed by atoms with van der Waals surface area (Å²) in [5.41, 5.74) is 0.546. The van der Waals surface area contributed by atoms with Gasteiger partial charge >= 0.3 is 0 Å². The van der Waals surface area contributed by atoms with Crippen molar-refractivity contribution in [1.82, 2.24) is 5.32 Å². The van der Waals surface area contributed by atoms with Crippen molar-refractivity contribution in [2.24, 2.45) is 11.8 Å². The van der Waals surface area contributed by atoms with Crippen LogP contribution in [0.3, 0.4) is 0 Å². The number of sulfone groups is 1. The number of rotatable bonds is 7. The maximum absolute atomic E-state index is 14.7. The molecule has 1 heterocycles. The van der Waals surface area contributed by atoms with Crippen molar-refractivity contribution in [3.05, 3.63) is 30.3 Å². The van der Waals surface area contributed by atoms with Crippen LogP contribution in [0.4, 0.5) is 0 Å². The van der Waals surface area contributed by atoms with Crippen LogP contribution in [0.1, 0.15) is 80.6 Å². The Morgan fingerprint density at radius 3 is 2.17 bits per heavy atom. The first kappa shape index (κ1) is 27.0. The van der Waals surface area contributed by atoms with E-state index in [9.17, 15) is 13.2 Å². The van der Waals surface area contributed by atoms with E-state index in [2.05, 4.69) is 53.8 Å². The van der Waals surface area contributed by atoms with Crippen molar-refractivity contribution in [2.45, 2.75) is 118 Å². The Hall–Kier alpha value is -1.02. The summed E-state index contributed by atoms with van der Waals surface area (Å²) in [5.74, 6) is 0.389. The maximum atomic E-state index is 14.7. The zero-order valence-corrected chi connectivity index (χ0v) is 24.5. The SMILES string of the molecule is CC1CC2CC(=O)CC3(C1)NCC(O[Si](C(C)C)(C(C)C)C(C)C)CC23S(=O)(=O)c1ccccc1. The minimum Gasteiger partial charge on any atom is -0.412 e. The molecular formula is C28H45NO4SSi. The molecule has 5 nitrogen and oxygen atoms in total. The Bertz CT molecular complexity index is 1020. The van der Waals surface area contributed by atoms with Crippen LogP contribution in [0, 0.1) is 11.8 Å². The Balaban J connectivity index is 1.86. The molecular weight excluding hydrogens is 474 g/mol. The van der Waals surface area contributed by atoms with Gasteiger partial charge in [-0.05, 0) is 59.9 Å². The first-order chi connectivity index (χ1) is 16.3. The van der Waals surface area contributed by atoms with E-state index in [-0.39, 0.29) is 17.8 Å². The number of benzene rings is 1. The largest absolute Gasteiger partial charge is 0.412 e. The van der Waals surface area contributed by atoms with Gasteiger partial charge in [-0.15, -0.1) is 0 Å². The van der Waals surface area contributed by atoms with Crippen molar-refractivity contribution >= 4 is 23.9 Å². The van der Waals surface area contributed by atoms with Crippen molar-refractivity contribution in [1.29, 1.82) is 0 Å². The summed E-state index contributed by atoms with van der Waals surface area (Å²) < 4.78 is 35.5. The standard InChI is InChI=1S/C28H45NO4SSi/c1-19(2)35(20(3)4,21(5)6)33-25-17-28(34(31,32)26-11-9-8-10-12-26)23-13-22(7)15-27(28,29-18-25)16-24(30)14-23/h8-12,19-23,25,29H,13-18H2,1-7H3. The number of nitrogens with one attached hydrogen (secondary N) is 1. The van der Waals surface area contributed by atoms with Crippen molar-refractivity contribution < 1.29 is 17.6 Å². The second kappa shape index (κ2) is 9.37. The topological polar surface area (TPSA) is 72.5 Å². The molecule has 2 aliphatic carbocycles. The fraction of sp³-hybridized carbons (Fsp3) is 0.750. The Morgan fingerprint density at radius 1 is 1.00 bits per heavy atom. The number of hydrogen-bond donors (Lipinski definition) is 1. The van der Waals surface area contributed by atoms with Crippen LogP contribution in [0.2, 0.25) is 16.6 Å². The second-order valence-corrected chi connectivity index (χ2v) is 20.2. The molecule has 1 N–H and O–H groups in total. The summed E-state index contributed by atoms with van der Waals surface area (Å²) in [5, 5.41) is 3.73. The number of Topliss-reactive ketones (excluding diaryl/α,β-unsaturated/α-hetero) is 1. The second-order valence-electron chi connectivity index (χ2n) is 12.6. The fourth-order valence-corrected chi connectivity index (χ4v) is 16.9. The summed E-state index contributed by atoms with van der Waals surface area (Å²) in [6.07, 6.45) is 2.44. The molecule has 0 aromatic heterocycles. The highest BCUT2D eigenvalue weighted by molar-refractivity contribution is 7.93. The zero-order valence-electron chi connectivity index (χ0n) is 22.6. The number of piperidine rings is 1. The van der Waals surface area contributed by atoms with Gasteiger partial charge in [-0.3, -0.25) is 4.79 Å². The molecule has 1 aliphatic heterocycles. The van der Waals surface area contributed by atoms with Gasteiger partial charge in [-0.2, -0.15) is 0 Å². The Kier molecular flexibility index (Phi) is 7.24. The first-order valence-electron chi connectivity index (χ1n) is 13.6. The molecule has 196 valence electrons. The smallest absolute Gasteiger partial charge is 0.200 e. The van der Waals surface area contributed by atoms with Gasteiger partial charge < -0.3 is 9.74 Å². The third kappa shape index (κ3) is 4.00. The molecule has 3 aliphatic rings. The molecule has 0 amide bonds. The fourth-order valence-electron chi connectivity index (χ4n) is 8.61. The maximum Gasteiger partial charge on any atom is 0.200 e. The average molecular weight is 520 g/mol. The number of carbonyl (C=O) groups excluding carboxylic acids is 1. The number of carbonyl (C=O) groups is 1. The first-order valence-corrected chi connectivity index (χ1v) is 17.2. The molecule has 0 spiro atoms. The number of ketones is 1. The van der Waals surface area contributed by atoms with Crippen LogP contribution in [0.5, 0.6) is 0 Å². The number of hydrogen-bond acceptors (Lipinski definition) is 5. The highest BCUT2D eigenvalue weighted by atomic mass is 32.2. The van der Waals surface area contributed by atoms with Crippen molar-refractivity contribution in [2.75, 3.05) is 6.54 Å². The van der Waals surface area contributed by atoms with Crippen LogP contribution in [-0.4, -0.2) is 45.5 Å². The summed E-state index contributed by atoms with van der Waals surface area (Å²) in [7, 11) is -5.94. The monoisotopic (exact) mass is 519 g/mol. The molecule has 5 atom stereocenters. The minimum atomic E-state index is -3.73. The van der Waals surface area contributed by atoms with Gasteiger partial charge in [0.25, 0.3) is 0 Å². The summed E-state index contributed by atoms with van der Waals surface area (Å²) in [6.45, 7) is 16.5. The normalized spacial score (nSPS) is 33.9. The molecule has 1 saturated heterocycles. The van der Waals surface area contributed by atoms with E-state index < -0.39 is 28.4 Å². The molecule has 7 heteroatoms. The lowest BCUT2D eigenvalue weighted by Crippen LogP contribution is -2.79. The van der Waals surface area contributed by atoms with Gasteiger partial charge in [-0.1, -0.05) is 66.7 Å². The highest BCUT2D eigenvalue weighted by Gasteiger charge is 2.71. The van der Waals surface area contributed by atoms with Gasteiger partial charge in [0.05, 0.1) is 11.0 Å². The van der Waals surface area contributed by atoms with Gasteiger partial charge in [0, 0.05) is 24.9 Å². The lowest BCUT2D eigenvalue weighted by molar-refractivity contribution is -0.131. The van der Waals surface area contributed by atoms with E-state index in [0.717, 1.165) is 12.8 Å². The molecule has 1 aromatic carbocycles. The van der Waals surface area contributed by atoms with Gasteiger partial charge in [0.1, 0.15) is 10.5 Å². The average Bonchev–Trinajstić information content (AvgIpc) is 2.76. The summed E-state index contributed by atoms with van der Waals surface area (Å²) in [6, 6.07) is 8.93. The molecule has 3 fully saturated rings. The Morgan fingerprint density at radius 2 is 1.60 bits per heavy atom. The quantitative estimate of drug-likeness (QED) is 0.454. The van der Waals surface area contributed by atoms with E-state index >= 15 is 0 Å². The summed E-state index contributed by atoms with van der Waals surface area (Å²) in [4.78, 5) is 13.3. The summed E-state index contributed by atoms with van der Waals surface area (Å²) >= 11 is 0. The van der Waals surface area contributed by atoms with Crippen LogP contribution < -0.4 is 5.32 Å². The lowest BCUT2D eigenvalue weighted by atomic mass is 9.53. The van der Waals surface area contributed by atoms with E-state index in [1.54, 1.807) is 24.3 Å². The molecule has 4 rings (SSSR count). The van der Waals surface area contributed by atoms with E-state index in [4.69, 9.17) is 4.43 Å². The zero-order chi connectivity index (χ0) is 25.8. The van der Waals surface area contributed by atoms with Crippen molar-refractivity contribution in [3.8, 4) is 0 Å². The van der Waals surface area contributed by atoms with Gasteiger partial charge in [0.15, 0.2) is 9.84 Å². The third-order valence-electron chi connectivity index (χ3n) is 9.64. The molecule has 35 heavy (non-hydrogen) atoms. The van der Waals surface area contributed by atoms with Gasteiger partial charge in [-0.25, -0.2) is 8.42 Å². The molecule has 1 aromatic rings. The van der Waals surface area contributed by atoms with E-state index in [0.29, 0.717) is 53.2 Å². The van der Waals surface area contributed by atoms with E-state index in [1.807, 2.05) is 6.07 Å². The predicted octanol–water partition coefficient (Wildman–Crippen LogP) is 5.90. The molecule has 2 saturated carbocycles. The van der Waals surface area contributed by atoms with Crippen LogP contribution in [0.25, 0.3) is 0 Å². The molecule has 2 bridgehead atoms. The van der Waals surface area contributed by atoms with Crippen LogP contribution in [-0.2, 0) is 19.1 Å². The lowest BCUT2D eigenvalue weighted by Gasteiger charge is -2.64. The van der Waals surface area contributed by atoms with E-state index in [1.165, 1.54) is 0 Å². The van der Waals surface area contributed by atoms with Gasteiger partial charge in [0.2, 0.25) is 8.32 Å². The van der Waals surface area contributed by atoms with Crippen molar-refractivity contribution in [3.63, 3.8) is 0 Å². The van der Waals surface area contributed by atoms with Crippen LogP contribution in [0.15, 0.2) is 35.2 Å².